The first-order chi connectivity index (χ1) is 70.9. The van der Waals surface area contributed by atoms with Crippen molar-refractivity contribution in [3.63, 3.8) is 0 Å². The molecule has 1 unspecified atom stereocenters. The zero-order chi connectivity index (χ0) is 101. The van der Waals surface area contributed by atoms with Gasteiger partial charge in [-0.15, -0.1) is 20.4 Å². The highest BCUT2D eigenvalue weighted by atomic mass is 32.2. The predicted octanol–water partition coefficient (Wildman–Crippen LogP) is 17.7. The molecule has 0 spiro atoms. The maximum Gasteiger partial charge on any atom is 0.242 e. The molecule has 146 heavy (non-hydrogen) atoms. The van der Waals surface area contributed by atoms with E-state index in [9.17, 15) is 41.4 Å². The minimum absolute atomic E-state index is 0.00106. The maximum absolute atomic E-state index is 13.3. The average molecular weight is 1980 g/mol. The Balaban J connectivity index is 0.000000133. The summed E-state index contributed by atoms with van der Waals surface area (Å²) in [4.78, 5) is 116. The number of carbonyl (C=O) groups excluding carboxylic acids is 6. The van der Waals surface area contributed by atoms with Gasteiger partial charge in [0.25, 0.3) is 0 Å². The molecule has 14 heterocycles. The lowest BCUT2D eigenvalue weighted by Gasteiger charge is -2.12. The lowest BCUT2D eigenvalue weighted by atomic mass is 10.0. The summed E-state index contributed by atoms with van der Waals surface area (Å²) in [5.41, 5.74) is 20.0. The number of hydrogen-bond acceptors (Lipinski definition) is 27. The quantitative estimate of drug-likeness (QED) is 0.0138. The molecule has 32 nitrogen and oxygen atoms in total. The van der Waals surface area contributed by atoms with Gasteiger partial charge in [0.05, 0.1) is 43.3 Å². The molecule has 34 heteroatoms. The smallest absolute Gasteiger partial charge is 0.242 e. The number of Topliss-reactive ketones (excluding diaryl/α,β-unsaturated/α-hetero) is 6. The van der Waals surface area contributed by atoms with Gasteiger partial charge in [-0.2, -0.15) is 0 Å². The van der Waals surface area contributed by atoms with Gasteiger partial charge in [0.15, 0.2) is 46.5 Å². The molecular weight excluding hydrogens is 1880 g/mol. The Morgan fingerprint density at radius 1 is 0.342 bits per heavy atom. The summed E-state index contributed by atoms with van der Waals surface area (Å²) in [6, 6.07) is 88.1. The topological polar surface area (TPSA) is 412 Å². The van der Waals surface area contributed by atoms with Crippen LogP contribution in [-0.4, -0.2) is 154 Å². The minimum Gasteiger partial charge on any atom is -0.364 e. The molecule has 20 rings (SSSR count). The lowest BCUT2D eigenvalue weighted by molar-refractivity contribution is -0.134. The molecule has 0 saturated heterocycles. The standard InChI is InChI=1S/C30H28N4O2S.C29H26N6O2.C27H22N6O2.C26H23N7O3S/c1-37(2,36)21-24-13-9-12-23(18-24)19-27(35)29-32-30(31-20-22-10-5-3-6-11-22)28-26(16-17-34(28)33-29)25-14-7-4-8-15-25;1-20(36)10-11-25(37)16-21-15-23(18-30-17-21)28-33-29(32-19-24-9-5-6-13-31-24)27-26(12-14-35(27)34-28)22-7-3-2-4-8-22;1-18(34)24(35)14-19-13-21(16-28-15-19)26-31-27(30-17-22-9-5-6-11-29-22)25-23(10-12-33(25)32-26)20-7-3-2-4-8-20;1-18(34)14-30-37(35,36)22-13-20(15-27-17-22)25-31-26(29-16-21-9-5-6-11-28-21)24-23(10-12-33(24)32-25)19-7-3-2-4-8-19/h3-18H,1,19-21H2,2H3,(H,31,32,33);2-9,12-15,17-18H,10-11,16,19H2,1H3,(H,32,33,34);2-13,15-16H,14,17H2,1H3,(H,30,31,32);2-13,15,17,30H,14,16H2,1H3,(H,29,31,32). The molecule has 728 valence electrons. The van der Waals surface area contributed by atoms with Gasteiger partial charge >= 0.3 is 0 Å². The van der Waals surface area contributed by atoms with E-state index in [1.54, 1.807) is 69.2 Å². The summed E-state index contributed by atoms with van der Waals surface area (Å²) in [5.74, 6) is 6.51. The third-order valence-corrected chi connectivity index (χ3v) is 25.4. The highest BCUT2D eigenvalue weighted by molar-refractivity contribution is 7.98. The molecule has 14 aromatic heterocycles. The van der Waals surface area contributed by atoms with Gasteiger partial charge in [-0.3, -0.25) is 58.1 Å². The van der Waals surface area contributed by atoms with Crippen molar-refractivity contribution in [3.8, 4) is 78.7 Å². The summed E-state index contributed by atoms with van der Waals surface area (Å²) >= 11 is 0. The monoisotopic (exact) mass is 1970 g/mol. The molecule has 0 aliphatic heterocycles. The van der Waals surface area contributed by atoms with E-state index in [2.05, 4.69) is 84.1 Å². The lowest BCUT2D eigenvalue weighted by Crippen LogP contribution is -2.28. The van der Waals surface area contributed by atoms with Crippen molar-refractivity contribution in [2.45, 2.75) is 89.7 Å². The van der Waals surface area contributed by atoms with Crippen LogP contribution in [0.3, 0.4) is 0 Å². The fourth-order valence-corrected chi connectivity index (χ4v) is 18.0. The molecule has 0 aliphatic rings. The van der Waals surface area contributed by atoms with Crippen LogP contribution in [0.4, 0.5) is 23.3 Å². The van der Waals surface area contributed by atoms with E-state index >= 15 is 0 Å². The van der Waals surface area contributed by atoms with Crippen LogP contribution in [0.15, 0.2) is 358 Å². The van der Waals surface area contributed by atoms with Crippen LogP contribution in [-0.2, 0) is 94.7 Å². The van der Waals surface area contributed by atoms with Gasteiger partial charge in [-0.05, 0) is 158 Å². The minimum atomic E-state index is -3.94. The number of rotatable bonds is 36. The Bertz CT molecular complexity index is 8340. The Morgan fingerprint density at radius 2 is 0.719 bits per heavy atom. The van der Waals surface area contributed by atoms with Crippen LogP contribution in [0.2, 0.25) is 0 Å². The van der Waals surface area contributed by atoms with Crippen molar-refractivity contribution in [3.05, 3.63) is 404 Å². The number of hydrogen-bond donors (Lipinski definition) is 5. The highest BCUT2D eigenvalue weighted by Gasteiger charge is 2.26. The molecule has 0 fully saturated rings. The van der Waals surface area contributed by atoms with E-state index in [1.165, 1.54) is 39.2 Å². The molecule has 0 saturated carbocycles. The number of sulfonamides is 1. The van der Waals surface area contributed by atoms with Crippen molar-refractivity contribution in [2.24, 2.45) is 0 Å². The van der Waals surface area contributed by atoms with Crippen LogP contribution < -0.4 is 26.0 Å². The van der Waals surface area contributed by atoms with Gasteiger partial charge in [-0.1, -0.05) is 194 Å². The molecular formula is C112H99N23O9S2. The van der Waals surface area contributed by atoms with Gasteiger partial charge in [-0.25, -0.2) is 51.1 Å². The summed E-state index contributed by atoms with van der Waals surface area (Å²) in [6.07, 6.45) is 24.5. The van der Waals surface area contributed by atoms with Gasteiger partial charge in [0, 0.05) is 177 Å². The number of aromatic nitrogens is 18. The summed E-state index contributed by atoms with van der Waals surface area (Å²) in [6.45, 7) is 5.73. The van der Waals surface area contributed by atoms with Crippen molar-refractivity contribution in [2.75, 3.05) is 34.1 Å². The molecule has 0 aliphatic carbocycles. The van der Waals surface area contributed by atoms with E-state index in [1.807, 2.05) is 278 Å². The molecule has 5 N–H and O–H groups in total. The summed E-state index contributed by atoms with van der Waals surface area (Å²) in [5, 5.41) is 32.4. The van der Waals surface area contributed by atoms with Crippen LogP contribution in [0.25, 0.3) is 101 Å². The number of carbonyl (C=O) groups is 6. The normalized spacial score (nSPS) is 11.5. The van der Waals surface area contributed by atoms with Crippen LogP contribution in [0, 0.1) is 0 Å². The number of anilines is 4. The molecule has 20 aromatic rings. The number of pyridine rings is 6. The first-order valence-electron chi connectivity index (χ1n) is 46.7. The fourth-order valence-electron chi connectivity index (χ4n) is 16.1. The predicted molar refractivity (Wildman–Crippen MR) is 565 cm³/mol. The van der Waals surface area contributed by atoms with Crippen LogP contribution in [0.5, 0.6) is 0 Å². The van der Waals surface area contributed by atoms with Gasteiger partial charge in [0.1, 0.15) is 44.3 Å². The summed E-state index contributed by atoms with van der Waals surface area (Å²) < 4.78 is 46.7. The van der Waals surface area contributed by atoms with E-state index in [0.717, 1.165) is 106 Å². The first-order valence-corrected chi connectivity index (χ1v) is 50.5. The average Bonchev–Trinajstić information content (AvgIpc) is 1.53. The number of ketones is 6. The van der Waals surface area contributed by atoms with Crippen molar-refractivity contribution < 1.29 is 41.4 Å². The largest absolute Gasteiger partial charge is 0.364 e. The molecule has 1 atom stereocenters. The van der Waals surface area contributed by atoms with E-state index in [4.69, 9.17) is 30.1 Å². The Morgan fingerprint density at radius 3 is 1.12 bits per heavy atom. The molecule has 0 bridgehead atoms. The fraction of sp³-hybridized carbons (Fsp3) is 0.134. The van der Waals surface area contributed by atoms with Crippen molar-refractivity contribution >= 4 is 105 Å². The third kappa shape index (κ3) is 25.8. The zero-order valence-corrected chi connectivity index (χ0v) is 81.6. The van der Waals surface area contributed by atoms with Crippen LogP contribution >= 0.6 is 0 Å². The van der Waals surface area contributed by atoms with E-state index < -0.39 is 31.1 Å². The second-order valence-corrected chi connectivity index (χ2v) is 38.9. The Labute approximate surface area is 841 Å². The number of benzene rings is 6. The van der Waals surface area contributed by atoms with Gasteiger partial charge in [0.2, 0.25) is 27.4 Å². The summed E-state index contributed by atoms with van der Waals surface area (Å²) in [7, 11) is -6.11. The maximum atomic E-state index is 13.3. The Kier molecular flexibility index (Phi) is 31.7. The van der Waals surface area contributed by atoms with Gasteiger partial charge < -0.3 is 26.1 Å². The zero-order valence-electron chi connectivity index (χ0n) is 80.0. The van der Waals surface area contributed by atoms with E-state index in [0.29, 0.717) is 89.1 Å². The number of fused-ring (bicyclic) bond motifs is 4. The second-order valence-electron chi connectivity index (χ2n) is 34.5. The highest BCUT2D eigenvalue weighted by Crippen LogP contribution is 2.37. The molecule has 0 amide bonds. The third-order valence-electron chi connectivity index (χ3n) is 23.1. The van der Waals surface area contributed by atoms with E-state index in [-0.39, 0.29) is 78.3 Å². The van der Waals surface area contributed by atoms with Crippen molar-refractivity contribution in [1.29, 1.82) is 0 Å². The Hall–Kier alpha value is -18.2. The number of nitrogens with one attached hydrogen (secondary N) is 5. The van der Waals surface area contributed by atoms with Crippen LogP contribution in [0.1, 0.15) is 89.1 Å². The second kappa shape index (κ2) is 46.5. The first kappa shape index (κ1) is 99.4. The molecule has 6 aromatic carbocycles. The SMILES string of the molecule is C=S(C)(=O)Cc1cccc(CC(=O)c2nc(NCc3ccccc3)c3c(-c4ccccc4)ccn3n2)c1.CC(=O)C(=O)Cc1cncc(-c2nc(NCc3ccccn3)c3c(-c4ccccc4)ccn3n2)c1.CC(=O)CCC(=O)Cc1cncc(-c2nc(NCc3ccccn3)c3c(-c4ccccc4)ccn3n2)c1.CC(=O)CNS(=O)(=O)c1cncc(-c2nc(NCc3ccccn3)c3c(-c4ccccc4)ccn3n2)c1. The number of nitrogens with zero attached hydrogens (tertiary/aromatic N) is 18. The molecule has 0 radical (unpaired) electrons. The van der Waals surface area contributed by atoms with Crippen molar-refractivity contribution in [1.82, 2.24) is 93.0 Å².